The molecule has 0 amide bonds. The summed E-state index contributed by atoms with van der Waals surface area (Å²) in [5.41, 5.74) is 0.0878. The fraction of sp³-hybridized carbons (Fsp3) is 0.632. The van der Waals surface area contributed by atoms with E-state index in [1.54, 1.807) is 0 Å². The van der Waals surface area contributed by atoms with Gasteiger partial charge in [-0.2, -0.15) is 13.2 Å². The van der Waals surface area contributed by atoms with Crippen molar-refractivity contribution in [3.05, 3.63) is 35.1 Å². The fourth-order valence-electron chi connectivity index (χ4n) is 3.61. The Labute approximate surface area is 160 Å². The van der Waals surface area contributed by atoms with Crippen molar-refractivity contribution in [3.8, 4) is 0 Å². The summed E-state index contributed by atoms with van der Waals surface area (Å²) >= 11 is 0. The first-order valence-corrected chi connectivity index (χ1v) is 9.85. The van der Waals surface area contributed by atoms with Gasteiger partial charge in [0, 0.05) is 56.7 Å². The Morgan fingerprint density at radius 3 is 2.32 bits per heavy atom. The molecule has 150 valence electrons. The lowest BCUT2D eigenvalue weighted by Crippen LogP contribution is -2.46. The molecule has 2 aliphatic carbocycles. The number of nitrogens with zero attached hydrogens (tertiary/aromatic N) is 5. The smallest absolute Gasteiger partial charge is 0.361 e. The van der Waals surface area contributed by atoms with Crippen LogP contribution in [-0.2, 0) is 12.7 Å². The van der Waals surface area contributed by atoms with Gasteiger partial charge in [0.25, 0.3) is 0 Å². The maximum atomic E-state index is 13.2. The van der Waals surface area contributed by atoms with Gasteiger partial charge < -0.3 is 9.42 Å². The second-order valence-electron chi connectivity index (χ2n) is 8.00. The zero-order valence-electron chi connectivity index (χ0n) is 15.5. The van der Waals surface area contributed by atoms with Crippen molar-refractivity contribution in [3.63, 3.8) is 0 Å². The van der Waals surface area contributed by atoms with Gasteiger partial charge in [0.2, 0.25) is 0 Å². The highest BCUT2D eigenvalue weighted by atomic mass is 19.4. The van der Waals surface area contributed by atoms with Gasteiger partial charge in [-0.1, -0.05) is 5.16 Å². The fourth-order valence-corrected chi connectivity index (χ4v) is 3.61. The lowest BCUT2D eigenvalue weighted by molar-refractivity contribution is -0.141. The molecule has 28 heavy (non-hydrogen) atoms. The lowest BCUT2D eigenvalue weighted by Gasteiger charge is -2.35. The van der Waals surface area contributed by atoms with Gasteiger partial charge in [-0.25, -0.2) is 9.97 Å². The minimum absolute atomic E-state index is 0.0789. The maximum Gasteiger partial charge on any atom is 0.433 e. The molecule has 0 spiro atoms. The van der Waals surface area contributed by atoms with Crippen molar-refractivity contribution in [1.82, 2.24) is 20.0 Å². The van der Waals surface area contributed by atoms with Crippen LogP contribution in [0.15, 0.2) is 16.7 Å². The predicted octanol–water partition coefficient (Wildman–Crippen LogP) is 3.56. The highest BCUT2D eigenvalue weighted by molar-refractivity contribution is 5.42. The van der Waals surface area contributed by atoms with Crippen LogP contribution in [-0.4, -0.2) is 46.2 Å². The van der Waals surface area contributed by atoms with Crippen molar-refractivity contribution in [2.45, 2.75) is 50.2 Å². The van der Waals surface area contributed by atoms with E-state index in [9.17, 15) is 13.2 Å². The molecule has 3 fully saturated rings. The summed E-state index contributed by atoms with van der Waals surface area (Å²) in [7, 11) is 0. The summed E-state index contributed by atoms with van der Waals surface area (Å²) in [6.07, 6.45) is -0.358. The van der Waals surface area contributed by atoms with Crippen LogP contribution in [0.4, 0.5) is 19.0 Å². The molecule has 0 radical (unpaired) electrons. The Morgan fingerprint density at radius 2 is 1.68 bits per heavy atom. The number of hydrogen-bond donors (Lipinski definition) is 0. The van der Waals surface area contributed by atoms with Crippen LogP contribution in [0.3, 0.4) is 0 Å². The number of halogens is 3. The molecular weight excluding hydrogens is 371 g/mol. The zero-order chi connectivity index (χ0) is 19.3. The third-order valence-electron chi connectivity index (χ3n) is 5.60. The highest BCUT2D eigenvalue weighted by Crippen LogP contribution is 2.41. The van der Waals surface area contributed by atoms with Crippen LogP contribution in [0, 0.1) is 0 Å². The summed E-state index contributed by atoms with van der Waals surface area (Å²) in [5.74, 6) is 2.32. The van der Waals surface area contributed by atoms with Crippen LogP contribution in [0.2, 0.25) is 0 Å². The summed E-state index contributed by atoms with van der Waals surface area (Å²) in [4.78, 5) is 12.4. The molecule has 9 heteroatoms. The minimum atomic E-state index is -4.45. The number of piperazine rings is 1. The normalized spacial score (nSPS) is 21.3. The quantitative estimate of drug-likeness (QED) is 0.774. The molecule has 0 bridgehead atoms. The van der Waals surface area contributed by atoms with E-state index in [4.69, 9.17) is 4.52 Å². The number of anilines is 1. The van der Waals surface area contributed by atoms with E-state index in [2.05, 4.69) is 20.0 Å². The van der Waals surface area contributed by atoms with Crippen molar-refractivity contribution in [2.75, 3.05) is 31.1 Å². The second kappa shape index (κ2) is 6.72. The molecule has 6 nitrogen and oxygen atoms in total. The average Bonchev–Trinajstić information content (AvgIpc) is 3.60. The molecule has 5 rings (SSSR count). The van der Waals surface area contributed by atoms with E-state index in [1.807, 2.05) is 11.0 Å². The van der Waals surface area contributed by atoms with Crippen LogP contribution >= 0.6 is 0 Å². The topological polar surface area (TPSA) is 58.3 Å². The van der Waals surface area contributed by atoms with Crippen molar-refractivity contribution >= 4 is 5.82 Å². The van der Waals surface area contributed by atoms with E-state index in [0.29, 0.717) is 37.2 Å². The third kappa shape index (κ3) is 3.85. The first-order valence-electron chi connectivity index (χ1n) is 9.85. The Hall–Kier alpha value is -2.16. The number of hydrogen-bond acceptors (Lipinski definition) is 6. The van der Waals surface area contributed by atoms with Crippen LogP contribution < -0.4 is 4.90 Å². The largest absolute Gasteiger partial charge is 0.433 e. The third-order valence-corrected chi connectivity index (χ3v) is 5.60. The molecule has 0 atom stereocenters. The first kappa shape index (κ1) is 17.9. The summed E-state index contributed by atoms with van der Waals surface area (Å²) in [6.45, 7) is 3.46. The van der Waals surface area contributed by atoms with Crippen molar-refractivity contribution < 1.29 is 17.7 Å². The predicted molar refractivity (Wildman–Crippen MR) is 95.0 cm³/mol. The van der Waals surface area contributed by atoms with E-state index in [1.165, 1.54) is 12.8 Å². The van der Waals surface area contributed by atoms with Crippen molar-refractivity contribution in [2.24, 2.45) is 0 Å². The summed E-state index contributed by atoms with van der Waals surface area (Å²) < 4.78 is 45.1. The number of aromatic nitrogens is 3. The average molecular weight is 393 g/mol. The molecule has 1 aliphatic heterocycles. The molecule has 2 aromatic rings. The molecule has 3 heterocycles. The molecule has 0 N–H and O–H groups in total. The Balaban J connectivity index is 1.25. The van der Waals surface area contributed by atoms with Gasteiger partial charge in [0.15, 0.2) is 0 Å². The van der Waals surface area contributed by atoms with Crippen LogP contribution in [0.5, 0.6) is 0 Å². The second-order valence-corrected chi connectivity index (χ2v) is 8.00. The summed E-state index contributed by atoms with van der Waals surface area (Å²) in [5, 5.41) is 4.15. The van der Waals surface area contributed by atoms with Crippen molar-refractivity contribution in [1.29, 1.82) is 0 Å². The SMILES string of the molecule is FC(F)(F)c1cc(N2CCN(Cc3cc(C4CC4)on3)CC2)nc(C2CC2)n1. The minimum Gasteiger partial charge on any atom is -0.361 e. The number of rotatable bonds is 5. The molecule has 2 saturated carbocycles. The summed E-state index contributed by atoms with van der Waals surface area (Å²) in [6, 6.07) is 3.12. The van der Waals surface area contributed by atoms with Gasteiger partial charge in [-0.15, -0.1) is 0 Å². The molecule has 3 aliphatic rings. The van der Waals surface area contributed by atoms with Crippen LogP contribution in [0.1, 0.15) is 60.5 Å². The molecule has 2 aromatic heterocycles. The number of alkyl halides is 3. The first-order chi connectivity index (χ1) is 13.5. The van der Waals surface area contributed by atoms with Gasteiger partial charge in [0.05, 0.1) is 5.69 Å². The van der Waals surface area contributed by atoms with Gasteiger partial charge >= 0.3 is 6.18 Å². The maximum absolute atomic E-state index is 13.2. The molecule has 0 unspecified atom stereocenters. The van der Waals surface area contributed by atoms with Gasteiger partial charge in [-0.05, 0) is 25.7 Å². The Morgan fingerprint density at radius 1 is 0.964 bits per heavy atom. The van der Waals surface area contributed by atoms with Gasteiger partial charge in [0.1, 0.15) is 23.1 Å². The van der Waals surface area contributed by atoms with E-state index < -0.39 is 11.9 Å². The van der Waals surface area contributed by atoms with E-state index in [0.717, 1.165) is 43.5 Å². The van der Waals surface area contributed by atoms with E-state index >= 15 is 0 Å². The highest BCUT2D eigenvalue weighted by Gasteiger charge is 2.37. The molecular formula is C19H22F3N5O. The molecule has 0 aromatic carbocycles. The van der Waals surface area contributed by atoms with Gasteiger partial charge in [-0.3, -0.25) is 4.90 Å². The Kier molecular flexibility index (Phi) is 4.30. The lowest BCUT2D eigenvalue weighted by atomic mass is 10.2. The standard InChI is InChI=1S/C19H22F3N5O/c20-19(21,22)16-10-17(24-18(23-16)13-3-4-13)27-7-5-26(6-8-27)11-14-9-15(28-25-14)12-1-2-12/h9-10,12-13H,1-8,11H2. The van der Waals surface area contributed by atoms with Crippen LogP contribution in [0.25, 0.3) is 0 Å². The van der Waals surface area contributed by atoms with E-state index in [-0.39, 0.29) is 5.92 Å². The zero-order valence-corrected chi connectivity index (χ0v) is 15.5. The Bertz CT molecular complexity index is 851. The molecule has 1 saturated heterocycles. The monoisotopic (exact) mass is 393 g/mol.